The molecule has 3 N–H and O–H groups in total. The second-order valence-corrected chi connectivity index (χ2v) is 18.7. The number of fused-ring (bicyclic) bond motifs is 1. The van der Waals surface area contributed by atoms with E-state index in [1.807, 2.05) is 59.9 Å². The molecule has 2 aromatic carbocycles. The number of alkyl carbamates (subject to hydrolysis) is 2. The number of Topliss-reactive ketones (excluding diaryl/α,β-unsaturated/α-hetero) is 1. The van der Waals surface area contributed by atoms with Crippen LogP contribution in [0.1, 0.15) is 149 Å². The Hall–Kier alpha value is -4.14. The molecule has 1 fully saturated rings. The lowest BCUT2D eigenvalue weighted by molar-refractivity contribution is -0.121. The van der Waals surface area contributed by atoms with Crippen LogP contribution in [0.3, 0.4) is 0 Å². The lowest BCUT2D eigenvalue weighted by Crippen LogP contribution is -2.51. The highest BCUT2D eigenvalue weighted by Crippen LogP contribution is 2.39. The van der Waals surface area contributed by atoms with Gasteiger partial charge in [0.15, 0.2) is 0 Å². The Bertz CT molecular complexity index is 1720. The molecule has 1 unspecified atom stereocenters. The predicted octanol–water partition coefficient (Wildman–Crippen LogP) is 9.46. The van der Waals surface area contributed by atoms with Crippen LogP contribution in [0.25, 0.3) is 0 Å². The summed E-state index contributed by atoms with van der Waals surface area (Å²) in [6, 6.07) is 16.9. The molecule has 3 aromatic rings. The van der Waals surface area contributed by atoms with Crippen LogP contribution in [-0.4, -0.2) is 39.4 Å². The van der Waals surface area contributed by atoms with Crippen molar-refractivity contribution in [3.05, 3.63) is 88.2 Å². The van der Waals surface area contributed by atoms with Crippen molar-refractivity contribution in [2.75, 3.05) is 0 Å². The number of amides is 2. The van der Waals surface area contributed by atoms with Crippen LogP contribution >= 0.6 is 0 Å². The average molecular weight is 715 g/mol. The van der Waals surface area contributed by atoms with Gasteiger partial charge in [-0.1, -0.05) is 90.1 Å². The highest BCUT2D eigenvalue weighted by atomic mass is 16.6. The first-order valence-electron chi connectivity index (χ1n) is 18.7. The summed E-state index contributed by atoms with van der Waals surface area (Å²) in [4.78, 5) is 36.9. The summed E-state index contributed by atoms with van der Waals surface area (Å²) < 4.78 is 11.1. The number of nitrogens with zero attached hydrogens (tertiary/aromatic N) is 1. The number of nitrogens with one attached hydrogen (secondary N) is 3. The van der Waals surface area contributed by atoms with E-state index >= 15 is 0 Å². The molecule has 1 saturated carbocycles. The zero-order valence-electron chi connectivity index (χ0n) is 33.6. The minimum Gasteiger partial charge on any atom is -0.444 e. The number of H-pyrrole nitrogens is 1. The Labute approximate surface area is 311 Å². The molecule has 5 rings (SSSR count). The van der Waals surface area contributed by atoms with Gasteiger partial charge in [0.1, 0.15) is 17.0 Å². The van der Waals surface area contributed by atoms with Crippen molar-refractivity contribution < 1.29 is 23.9 Å². The molecule has 9 heteroatoms. The number of aromatic nitrogens is 2. The quantitative estimate of drug-likeness (QED) is 0.248. The Balaban J connectivity index is 0.000000234. The molecule has 2 amide bonds. The zero-order chi connectivity index (χ0) is 38.8. The number of aryl methyl sites for hydroxylation is 1. The highest BCUT2D eigenvalue weighted by Gasteiger charge is 2.41. The van der Waals surface area contributed by atoms with E-state index in [0.29, 0.717) is 32.1 Å². The lowest BCUT2D eigenvalue weighted by atomic mass is 9.74. The molecule has 9 nitrogen and oxygen atoms in total. The number of ether oxygens (including phenoxy) is 2. The van der Waals surface area contributed by atoms with Crippen LogP contribution in [0.5, 0.6) is 0 Å². The van der Waals surface area contributed by atoms with E-state index in [9.17, 15) is 14.4 Å². The van der Waals surface area contributed by atoms with Gasteiger partial charge in [-0.05, 0) is 106 Å². The highest BCUT2D eigenvalue weighted by molar-refractivity contribution is 5.80. The molecule has 0 aliphatic heterocycles. The van der Waals surface area contributed by atoms with Crippen molar-refractivity contribution in [2.45, 2.75) is 161 Å². The number of benzene rings is 2. The predicted molar refractivity (Wildman–Crippen MR) is 206 cm³/mol. The topological polar surface area (TPSA) is 122 Å². The summed E-state index contributed by atoms with van der Waals surface area (Å²) in [7, 11) is 0. The van der Waals surface area contributed by atoms with Gasteiger partial charge in [0.2, 0.25) is 0 Å². The van der Waals surface area contributed by atoms with Crippen molar-refractivity contribution in [3.8, 4) is 0 Å². The molecule has 1 atom stereocenters. The van der Waals surface area contributed by atoms with Crippen molar-refractivity contribution in [1.29, 1.82) is 0 Å². The number of hydrogen-bond acceptors (Lipinski definition) is 6. The largest absolute Gasteiger partial charge is 0.444 e. The van der Waals surface area contributed by atoms with E-state index in [2.05, 4.69) is 98.8 Å². The summed E-state index contributed by atoms with van der Waals surface area (Å²) in [5.74, 6) is 0.258. The Kier molecular flexibility index (Phi) is 11.8. The van der Waals surface area contributed by atoms with E-state index in [4.69, 9.17) is 9.47 Å². The van der Waals surface area contributed by atoms with Gasteiger partial charge in [-0.2, -0.15) is 5.10 Å². The van der Waals surface area contributed by atoms with Crippen LogP contribution in [-0.2, 0) is 49.0 Å². The summed E-state index contributed by atoms with van der Waals surface area (Å²) in [5.41, 5.74) is 4.88. The van der Waals surface area contributed by atoms with Crippen LogP contribution < -0.4 is 10.6 Å². The molecule has 0 radical (unpaired) electrons. The zero-order valence-corrected chi connectivity index (χ0v) is 33.6. The number of hydrogen-bond donors (Lipinski definition) is 3. The molecule has 0 saturated heterocycles. The molecule has 1 aromatic heterocycles. The van der Waals surface area contributed by atoms with E-state index in [1.165, 1.54) is 11.1 Å². The van der Waals surface area contributed by atoms with Gasteiger partial charge in [-0.15, -0.1) is 0 Å². The van der Waals surface area contributed by atoms with Crippen LogP contribution in [0.4, 0.5) is 9.59 Å². The summed E-state index contributed by atoms with van der Waals surface area (Å²) >= 11 is 0. The molecule has 0 spiro atoms. The van der Waals surface area contributed by atoms with Gasteiger partial charge in [-0.3, -0.25) is 9.89 Å². The molecular formula is C43H62N4O5. The average Bonchev–Trinajstić information content (AvgIpc) is 3.48. The van der Waals surface area contributed by atoms with Gasteiger partial charge in [0.25, 0.3) is 0 Å². The van der Waals surface area contributed by atoms with E-state index in [-0.39, 0.29) is 22.7 Å². The van der Waals surface area contributed by atoms with Crippen LogP contribution in [0, 0.1) is 0 Å². The summed E-state index contributed by atoms with van der Waals surface area (Å²) in [6.07, 6.45) is 5.58. The third kappa shape index (κ3) is 10.7. The number of aromatic amines is 1. The van der Waals surface area contributed by atoms with Gasteiger partial charge < -0.3 is 20.1 Å². The fourth-order valence-electron chi connectivity index (χ4n) is 6.89. The summed E-state index contributed by atoms with van der Waals surface area (Å²) in [6.45, 7) is 24.3. The lowest BCUT2D eigenvalue weighted by Gasteiger charge is -2.39. The molecule has 52 heavy (non-hydrogen) atoms. The first kappa shape index (κ1) is 40.6. The standard InChI is InChI=1S/C22H31N3O2.C21H31NO3/c1-20(2,3)16-8-7-9-17(12-16)22(24-19(26)27-21(4,5)6)11-10-18-15(13-22)14-23-25-18;1-19(2,3)15-8-7-9-16(14-15)21(12-10-17(23)11-13-21)22-18(24)25-20(4,5)6/h7-9,12,14H,10-11,13H2,1-6H3,(H,23,25)(H,24,26);7-9,14H,10-13H2,1-6H3,(H,22,24). The fourth-order valence-corrected chi connectivity index (χ4v) is 6.89. The molecular weight excluding hydrogens is 652 g/mol. The normalized spacial score (nSPS) is 19.0. The minimum atomic E-state index is -0.553. The second-order valence-electron chi connectivity index (χ2n) is 18.7. The molecule has 1 heterocycles. The van der Waals surface area contributed by atoms with Crippen LogP contribution in [0.15, 0.2) is 54.7 Å². The first-order chi connectivity index (χ1) is 23.9. The number of carbonyl (C=O) groups is 3. The number of rotatable bonds is 4. The minimum absolute atomic E-state index is 0.0214. The van der Waals surface area contributed by atoms with Crippen molar-refractivity contribution >= 4 is 18.0 Å². The number of ketones is 1. The number of carbonyl (C=O) groups excluding carboxylic acids is 3. The van der Waals surface area contributed by atoms with Crippen LogP contribution in [0.2, 0.25) is 0 Å². The first-order valence-corrected chi connectivity index (χ1v) is 18.7. The van der Waals surface area contributed by atoms with Crippen molar-refractivity contribution in [3.63, 3.8) is 0 Å². The Morgan fingerprint density at radius 2 is 1.12 bits per heavy atom. The smallest absolute Gasteiger partial charge is 0.408 e. The van der Waals surface area contributed by atoms with E-state index < -0.39 is 28.4 Å². The van der Waals surface area contributed by atoms with E-state index in [0.717, 1.165) is 35.2 Å². The Morgan fingerprint density at radius 3 is 1.58 bits per heavy atom. The monoisotopic (exact) mass is 714 g/mol. The molecule has 0 bridgehead atoms. The van der Waals surface area contributed by atoms with Gasteiger partial charge in [0.05, 0.1) is 17.3 Å². The van der Waals surface area contributed by atoms with Gasteiger partial charge in [0, 0.05) is 25.0 Å². The maximum Gasteiger partial charge on any atom is 0.408 e. The second kappa shape index (κ2) is 15.1. The van der Waals surface area contributed by atoms with Gasteiger partial charge in [-0.25, -0.2) is 9.59 Å². The molecule has 284 valence electrons. The SMILES string of the molecule is CC(C)(C)OC(=O)NC1(c2cccc(C(C)(C)C)c2)CCC(=O)CC1.CC(C)(C)OC(=O)NC1(c2cccc(C(C)(C)C)c2)CCc2[nH]ncc2C1. The van der Waals surface area contributed by atoms with Gasteiger partial charge >= 0.3 is 12.2 Å². The van der Waals surface area contributed by atoms with Crippen molar-refractivity contribution in [1.82, 2.24) is 20.8 Å². The van der Waals surface area contributed by atoms with Crippen molar-refractivity contribution in [2.24, 2.45) is 0 Å². The Morgan fingerprint density at radius 1 is 0.673 bits per heavy atom. The fraction of sp³-hybridized carbons (Fsp3) is 0.581. The maximum atomic E-state index is 12.7. The third-order valence-corrected chi connectivity index (χ3v) is 9.81. The third-order valence-electron chi connectivity index (χ3n) is 9.81. The summed E-state index contributed by atoms with van der Waals surface area (Å²) in [5, 5.41) is 13.6. The maximum absolute atomic E-state index is 12.7. The van der Waals surface area contributed by atoms with E-state index in [1.54, 1.807) is 0 Å². The molecule has 2 aliphatic carbocycles. The molecule has 2 aliphatic rings.